The van der Waals surface area contributed by atoms with Crippen LogP contribution in [-0.2, 0) is 7.05 Å². The van der Waals surface area contributed by atoms with Gasteiger partial charge in [-0.1, -0.05) is 12.1 Å². The highest BCUT2D eigenvalue weighted by molar-refractivity contribution is 5.63. The van der Waals surface area contributed by atoms with E-state index in [0.29, 0.717) is 0 Å². The zero-order chi connectivity index (χ0) is 16.9. The van der Waals surface area contributed by atoms with Gasteiger partial charge in [0.15, 0.2) is 0 Å². The first-order valence-electron chi connectivity index (χ1n) is 8.77. The van der Waals surface area contributed by atoms with Crippen LogP contribution in [0.15, 0.2) is 47.4 Å². The zero-order valence-corrected chi connectivity index (χ0v) is 14.6. The molecule has 2 heterocycles. The third kappa shape index (κ3) is 4.06. The molecule has 128 valence electrons. The van der Waals surface area contributed by atoms with E-state index in [0.717, 1.165) is 42.5 Å². The highest BCUT2D eigenvalue weighted by Crippen LogP contribution is 2.21. The van der Waals surface area contributed by atoms with Crippen LogP contribution in [0.5, 0.6) is 5.75 Å². The van der Waals surface area contributed by atoms with Crippen molar-refractivity contribution in [2.45, 2.75) is 32.2 Å². The first kappa shape index (κ1) is 16.8. The fraction of sp³-hybridized carbons (Fsp3) is 0.450. The van der Waals surface area contributed by atoms with Gasteiger partial charge in [0.1, 0.15) is 5.75 Å². The van der Waals surface area contributed by atoms with Crippen LogP contribution in [-0.4, -0.2) is 35.2 Å². The monoisotopic (exact) mass is 326 g/mol. The molecule has 24 heavy (non-hydrogen) atoms. The molecule has 4 nitrogen and oxygen atoms in total. The molecule has 0 aliphatic carbocycles. The molecule has 3 rings (SSSR count). The Hall–Kier alpha value is -2.07. The molecule has 0 saturated carbocycles. The number of nitrogens with zero attached hydrogens (tertiary/aromatic N) is 2. The number of aryl methyl sites for hydroxylation is 1. The van der Waals surface area contributed by atoms with Gasteiger partial charge in [-0.05, 0) is 62.1 Å². The van der Waals surface area contributed by atoms with Crippen molar-refractivity contribution in [1.29, 1.82) is 0 Å². The lowest BCUT2D eigenvalue weighted by atomic mass is 10.1. The van der Waals surface area contributed by atoms with E-state index in [1.165, 1.54) is 19.4 Å². The molecule has 0 radical (unpaired) electrons. The van der Waals surface area contributed by atoms with Crippen LogP contribution < -0.4 is 10.3 Å². The largest absolute Gasteiger partial charge is 0.494 e. The molecule has 0 N–H and O–H groups in total. The number of aromatic nitrogens is 1. The standard InChI is InChI=1S/C20H26N2O2/c1-16-5-3-11-22(16)12-4-14-24-19-8-6-17(7-9-19)18-10-13-21(2)20(23)15-18/h6-10,13,15-16H,3-5,11-12,14H2,1-2H3/t16-/m1/s1. The maximum absolute atomic E-state index is 11.7. The topological polar surface area (TPSA) is 34.5 Å². The average molecular weight is 326 g/mol. The highest BCUT2D eigenvalue weighted by Gasteiger charge is 2.18. The van der Waals surface area contributed by atoms with E-state index >= 15 is 0 Å². The maximum atomic E-state index is 11.7. The van der Waals surface area contributed by atoms with Crippen molar-refractivity contribution in [2.24, 2.45) is 7.05 Å². The molecule has 1 aromatic heterocycles. The third-order valence-corrected chi connectivity index (χ3v) is 4.84. The van der Waals surface area contributed by atoms with Crippen LogP contribution >= 0.6 is 0 Å². The van der Waals surface area contributed by atoms with E-state index in [9.17, 15) is 4.79 Å². The van der Waals surface area contributed by atoms with Crippen molar-refractivity contribution in [1.82, 2.24) is 9.47 Å². The van der Waals surface area contributed by atoms with Crippen molar-refractivity contribution in [3.8, 4) is 16.9 Å². The molecule has 1 fully saturated rings. The van der Waals surface area contributed by atoms with Gasteiger partial charge in [0.2, 0.25) is 0 Å². The molecule has 0 amide bonds. The average Bonchev–Trinajstić information content (AvgIpc) is 3.00. The lowest BCUT2D eigenvalue weighted by Gasteiger charge is -2.20. The molecule has 0 unspecified atom stereocenters. The molecule has 1 aromatic carbocycles. The maximum Gasteiger partial charge on any atom is 0.250 e. The summed E-state index contributed by atoms with van der Waals surface area (Å²) >= 11 is 0. The van der Waals surface area contributed by atoms with E-state index in [4.69, 9.17) is 4.74 Å². The second-order valence-corrected chi connectivity index (χ2v) is 6.62. The Labute approximate surface area is 143 Å². The fourth-order valence-electron chi connectivity index (χ4n) is 3.25. The number of rotatable bonds is 6. The second kappa shape index (κ2) is 7.67. The Balaban J connectivity index is 1.51. The van der Waals surface area contributed by atoms with Gasteiger partial charge in [-0.15, -0.1) is 0 Å². The van der Waals surface area contributed by atoms with Gasteiger partial charge < -0.3 is 14.2 Å². The summed E-state index contributed by atoms with van der Waals surface area (Å²) in [5, 5.41) is 0. The Bertz CT molecular complexity index is 721. The molecule has 2 aromatic rings. The van der Waals surface area contributed by atoms with Crippen molar-refractivity contribution in [3.63, 3.8) is 0 Å². The summed E-state index contributed by atoms with van der Waals surface area (Å²) in [6.07, 6.45) is 5.50. The van der Waals surface area contributed by atoms with Gasteiger partial charge in [0.05, 0.1) is 6.61 Å². The smallest absolute Gasteiger partial charge is 0.250 e. The molecule has 4 heteroatoms. The fourth-order valence-corrected chi connectivity index (χ4v) is 3.25. The summed E-state index contributed by atoms with van der Waals surface area (Å²) in [7, 11) is 1.76. The lowest BCUT2D eigenvalue weighted by Crippen LogP contribution is -2.28. The van der Waals surface area contributed by atoms with E-state index in [2.05, 4.69) is 11.8 Å². The summed E-state index contributed by atoms with van der Waals surface area (Å²) in [6.45, 7) is 5.40. The second-order valence-electron chi connectivity index (χ2n) is 6.62. The van der Waals surface area contributed by atoms with Crippen molar-refractivity contribution in [3.05, 3.63) is 52.9 Å². The molecule has 1 atom stereocenters. The van der Waals surface area contributed by atoms with Gasteiger partial charge in [-0.3, -0.25) is 4.79 Å². The van der Waals surface area contributed by atoms with Gasteiger partial charge in [0.25, 0.3) is 5.56 Å². The molecular weight excluding hydrogens is 300 g/mol. The molecular formula is C20H26N2O2. The Kier molecular flexibility index (Phi) is 5.36. The van der Waals surface area contributed by atoms with E-state index in [1.54, 1.807) is 23.9 Å². The summed E-state index contributed by atoms with van der Waals surface area (Å²) in [5.41, 5.74) is 1.97. The number of hydrogen-bond donors (Lipinski definition) is 0. The lowest BCUT2D eigenvalue weighted by molar-refractivity contribution is 0.230. The summed E-state index contributed by atoms with van der Waals surface area (Å²) in [4.78, 5) is 14.3. The number of likely N-dealkylation sites (tertiary alicyclic amines) is 1. The van der Waals surface area contributed by atoms with E-state index in [-0.39, 0.29) is 5.56 Å². The van der Waals surface area contributed by atoms with Gasteiger partial charge in [0, 0.05) is 31.9 Å². The van der Waals surface area contributed by atoms with Crippen LogP contribution in [0.2, 0.25) is 0 Å². The Morgan fingerprint density at radius 1 is 1.17 bits per heavy atom. The molecule has 1 aliphatic heterocycles. The molecule has 0 spiro atoms. The van der Waals surface area contributed by atoms with Crippen LogP contribution in [0.4, 0.5) is 0 Å². The molecule has 1 saturated heterocycles. The minimum atomic E-state index is 0.00367. The quantitative estimate of drug-likeness (QED) is 0.764. The number of ether oxygens (including phenoxy) is 1. The summed E-state index contributed by atoms with van der Waals surface area (Å²) in [5.74, 6) is 0.886. The summed E-state index contributed by atoms with van der Waals surface area (Å²) < 4.78 is 7.41. The van der Waals surface area contributed by atoms with Gasteiger partial charge in [-0.2, -0.15) is 0 Å². The number of pyridine rings is 1. The SMILES string of the molecule is C[C@@H]1CCCN1CCCOc1ccc(-c2ccn(C)c(=O)c2)cc1. The predicted molar refractivity (Wildman–Crippen MR) is 97.5 cm³/mol. The summed E-state index contributed by atoms with van der Waals surface area (Å²) in [6, 6.07) is 12.3. The van der Waals surface area contributed by atoms with Crippen molar-refractivity contribution in [2.75, 3.05) is 19.7 Å². The van der Waals surface area contributed by atoms with Gasteiger partial charge >= 0.3 is 0 Å². The first-order chi connectivity index (χ1) is 11.6. The Morgan fingerprint density at radius 3 is 2.62 bits per heavy atom. The van der Waals surface area contributed by atoms with Crippen LogP contribution in [0.3, 0.4) is 0 Å². The number of hydrogen-bond acceptors (Lipinski definition) is 3. The Morgan fingerprint density at radius 2 is 1.96 bits per heavy atom. The minimum absolute atomic E-state index is 0.00367. The van der Waals surface area contributed by atoms with Gasteiger partial charge in [-0.25, -0.2) is 0 Å². The zero-order valence-electron chi connectivity index (χ0n) is 14.6. The van der Waals surface area contributed by atoms with Crippen LogP contribution in [0.1, 0.15) is 26.2 Å². The van der Waals surface area contributed by atoms with E-state index < -0.39 is 0 Å². The third-order valence-electron chi connectivity index (χ3n) is 4.84. The van der Waals surface area contributed by atoms with E-state index in [1.807, 2.05) is 30.3 Å². The normalized spacial score (nSPS) is 18.0. The first-order valence-corrected chi connectivity index (χ1v) is 8.77. The number of benzene rings is 1. The minimum Gasteiger partial charge on any atom is -0.494 e. The van der Waals surface area contributed by atoms with Crippen LogP contribution in [0.25, 0.3) is 11.1 Å². The van der Waals surface area contributed by atoms with Crippen molar-refractivity contribution >= 4 is 0 Å². The van der Waals surface area contributed by atoms with Crippen molar-refractivity contribution < 1.29 is 4.74 Å². The molecule has 1 aliphatic rings. The highest BCUT2D eigenvalue weighted by atomic mass is 16.5. The predicted octanol–water partition coefficient (Wildman–Crippen LogP) is 3.31. The van der Waals surface area contributed by atoms with Crippen LogP contribution in [0, 0.1) is 0 Å². The molecule has 0 bridgehead atoms.